The van der Waals surface area contributed by atoms with Gasteiger partial charge in [-0.25, -0.2) is 4.98 Å². The van der Waals surface area contributed by atoms with E-state index in [9.17, 15) is 10.2 Å². The number of nitrogens with zero attached hydrogens (tertiary/aromatic N) is 2. The number of aromatic nitrogens is 2. The van der Waals surface area contributed by atoms with Crippen LogP contribution in [-0.4, -0.2) is 49.8 Å². The predicted octanol–water partition coefficient (Wildman–Crippen LogP) is -0.776. The fourth-order valence-electron chi connectivity index (χ4n) is 1.67. The molecule has 1 saturated heterocycles. The van der Waals surface area contributed by atoms with Crippen LogP contribution >= 0.6 is 12.2 Å². The zero-order valence-corrected chi connectivity index (χ0v) is 9.12. The lowest BCUT2D eigenvalue weighted by Crippen LogP contribution is -2.33. The van der Waals surface area contributed by atoms with Gasteiger partial charge in [0.25, 0.3) is 0 Å². The number of aliphatic hydroxyl groups excluding tert-OH is 3. The molecule has 0 spiro atoms. The molecular formula is C9H12N2O4S. The highest BCUT2D eigenvalue weighted by Crippen LogP contribution is 2.28. The van der Waals surface area contributed by atoms with E-state index in [2.05, 4.69) is 4.98 Å². The number of hydrogen-bond acceptors (Lipinski definition) is 6. The van der Waals surface area contributed by atoms with E-state index >= 15 is 0 Å². The maximum Gasteiger partial charge on any atom is 0.201 e. The summed E-state index contributed by atoms with van der Waals surface area (Å²) in [6.45, 7) is -0.359. The summed E-state index contributed by atoms with van der Waals surface area (Å²) in [5.41, 5.74) is 0. The Bertz CT molecular complexity index is 424. The smallest absolute Gasteiger partial charge is 0.201 e. The van der Waals surface area contributed by atoms with Crippen molar-refractivity contribution in [2.45, 2.75) is 24.5 Å². The molecule has 0 amide bonds. The van der Waals surface area contributed by atoms with Gasteiger partial charge in [0.15, 0.2) is 6.23 Å². The van der Waals surface area contributed by atoms with Gasteiger partial charge in [0, 0.05) is 12.4 Å². The Balaban J connectivity index is 2.30. The lowest BCUT2D eigenvalue weighted by atomic mass is 10.1. The van der Waals surface area contributed by atoms with Gasteiger partial charge in [-0.3, -0.25) is 4.57 Å². The van der Waals surface area contributed by atoms with Crippen molar-refractivity contribution in [3.8, 4) is 0 Å². The van der Waals surface area contributed by atoms with Crippen molar-refractivity contribution in [3.63, 3.8) is 0 Å². The Kier molecular flexibility index (Phi) is 3.31. The predicted molar refractivity (Wildman–Crippen MR) is 56.1 cm³/mol. The third-order valence-electron chi connectivity index (χ3n) is 2.53. The first-order chi connectivity index (χ1) is 7.65. The molecule has 1 aliphatic rings. The maximum atomic E-state index is 9.76. The highest BCUT2D eigenvalue weighted by atomic mass is 32.1. The number of ether oxygens (including phenoxy) is 1. The summed E-state index contributed by atoms with van der Waals surface area (Å²) in [5, 5.41) is 28.3. The van der Waals surface area contributed by atoms with Crippen molar-refractivity contribution in [3.05, 3.63) is 23.2 Å². The van der Waals surface area contributed by atoms with Gasteiger partial charge in [-0.15, -0.1) is 0 Å². The molecule has 0 unspecified atom stereocenters. The molecule has 16 heavy (non-hydrogen) atoms. The minimum absolute atomic E-state index is 0.248. The van der Waals surface area contributed by atoms with Crippen LogP contribution in [0.5, 0.6) is 0 Å². The number of aliphatic hydroxyl groups is 3. The van der Waals surface area contributed by atoms with Gasteiger partial charge in [-0.1, -0.05) is 0 Å². The van der Waals surface area contributed by atoms with E-state index in [1.165, 1.54) is 10.8 Å². The highest BCUT2D eigenvalue weighted by Gasteiger charge is 2.43. The van der Waals surface area contributed by atoms with E-state index in [4.69, 9.17) is 22.1 Å². The summed E-state index contributed by atoms with van der Waals surface area (Å²) in [6, 6.07) is 1.64. The number of hydrogen-bond donors (Lipinski definition) is 3. The molecule has 0 aromatic carbocycles. The van der Waals surface area contributed by atoms with Gasteiger partial charge >= 0.3 is 0 Å². The van der Waals surface area contributed by atoms with Crippen LogP contribution in [0.1, 0.15) is 6.23 Å². The maximum absolute atomic E-state index is 9.76. The second-order valence-corrected chi connectivity index (χ2v) is 3.90. The van der Waals surface area contributed by atoms with E-state index in [0.717, 1.165) is 0 Å². The van der Waals surface area contributed by atoms with E-state index in [1.54, 1.807) is 12.3 Å². The highest BCUT2D eigenvalue weighted by molar-refractivity contribution is 7.71. The normalized spacial score (nSPS) is 34.2. The minimum atomic E-state index is -1.13. The molecule has 2 heterocycles. The molecule has 1 aromatic rings. The summed E-state index contributed by atoms with van der Waals surface area (Å²) >= 11 is 4.97. The Labute approximate surface area is 96.8 Å². The Hall–Kier alpha value is -0.860. The van der Waals surface area contributed by atoms with Crippen molar-refractivity contribution in [2.24, 2.45) is 0 Å². The third kappa shape index (κ3) is 1.87. The van der Waals surface area contributed by atoms with Crippen molar-refractivity contribution >= 4 is 12.2 Å². The standard InChI is InChI=1S/C9H12N2O4S/c12-4-5-6(13)7(14)8(15-5)11-3-1-2-10-9(11)16/h1-3,5-8,12-14H,4H2/t5-,6-,7-,8-/m1/s1. The molecule has 88 valence electrons. The molecule has 0 radical (unpaired) electrons. The molecule has 0 bridgehead atoms. The molecular weight excluding hydrogens is 232 g/mol. The molecule has 0 aliphatic carbocycles. The van der Waals surface area contributed by atoms with Crippen LogP contribution in [0.2, 0.25) is 0 Å². The van der Waals surface area contributed by atoms with E-state index < -0.39 is 24.5 Å². The van der Waals surface area contributed by atoms with Crippen molar-refractivity contribution < 1.29 is 20.1 Å². The molecule has 6 nitrogen and oxygen atoms in total. The molecule has 4 atom stereocenters. The summed E-state index contributed by atoms with van der Waals surface area (Å²) in [4.78, 5) is 3.88. The molecule has 2 rings (SSSR count). The van der Waals surface area contributed by atoms with Gasteiger partial charge < -0.3 is 20.1 Å². The van der Waals surface area contributed by atoms with Crippen molar-refractivity contribution in [1.82, 2.24) is 9.55 Å². The zero-order valence-electron chi connectivity index (χ0n) is 8.30. The molecule has 3 N–H and O–H groups in total. The average molecular weight is 244 g/mol. The molecule has 1 aromatic heterocycles. The molecule has 7 heteroatoms. The fraction of sp³-hybridized carbons (Fsp3) is 0.556. The monoisotopic (exact) mass is 244 g/mol. The topological polar surface area (TPSA) is 87.7 Å². The largest absolute Gasteiger partial charge is 0.394 e. The van der Waals surface area contributed by atoms with Gasteiger partial charge in [-0.2, -0.15) is 0 Å². The van der Waals surface area contributed by atoms with Crippen LogP contribution in [0.3, 0.4) is 0 Å². The van der Waals surface area contributed by atoms with Crippen LogP contribution in [0, 0.1) is 4.77 Å². The third-order valence-corrected chi connectivity index (χ3v) is 2.85. The quantitative estimate of drug-likeness (QED) is 0.592. The molecule has 1 aliphatic heterocycles. The molecule has 0 saturated carbocycles. The Morgan fingerprint density at radius 2 is 2.19 bits per heavy atom. The van der Waals surface area contributed by atoms with Crippen LogP contribution in [0.25, 0.3) is 0 Å². The summed E-state index contributed by atoms with van der Waals surface area (Å²) < 4.78 is 7.00. The van der Waals surface area contributed by atoms with Gasteiger partial charge in [0.05, 0.1) is 6.61 Å². The zero-order chi connectivity index (χ0) is 11.7. The summed E-state index contributed by atoms with van der Waals surface area (Å²) in [6.07, 6.45) is -0.740. The first-order valence-electron chi connectivity index (χ1n) is 4.80. The second-order valence-electron chi connectivity index (χ2n) is 3.54. The van der Waals surface area contributed by atoms with Crippen molar-refractivity contribution in [2.75, 3.05) is 6.61 Å². The van der Waals surface area contributed by atoms with Crippen LogP contribution in [0.15, 0.2) is 18.5 Å². The van der Waals surface area contributed by atoms with E-state index in [-0.39, 0.29) is 11.4 Å². The Morgan fingerprint density at radius 1 is 1.44 bits per heavy atom. The van der Waals surface area contributed by atoms with Gasteiger partial charge in [0.2, 0.25) is 4.77 Å². The second kappa shape index (κ2) is 4.56. The van der Waals surface area contributed by atoms with E-state index in [0.29, 0.717) is 0 Å². The first kappa shape index (κ1) is 11.6. The lowest BCUT2D eigenvalue weighted by molar-refractivity contribution is -0.0541. The van der Waals surface area contributed by atoms with Crippen LogP contribution in [0.4, 0.5) is 0 Å². The summed E-state index contributed by atoms with van der Waals surface area (Å²) in [7, 11) is 0. The lowest BCUT2D eigenvalue weighted by Gasteiger charge is -2.17. The van der Waals surface area contributed by atoms with Gasteiger partial charge in [-0.05, 0) is 18.3 Å². The number of rotatable bonds is 2. The average Bonchev–Trinajstić information content (AvgIpc) is 2.57. The summed E-state index contributed by atoms with van der Waals surface area (Å²) in [5.74, 6) is 0. The Morgan fingerprint density at radius 3 is 2.75 bits per heavy atom. The fourth-order valence-corrected chi connectivity index (χ4v) is 1.90. The van der Waals surface area contributed by atoms with Crippen LogP contribution < -0.4 is 0 Å². The van der Waals surface area contributed by atoms with Crippen molar-refractivity contribution in [1.29, 1.82) is 0 Å². The van der Waals surface area contributed by atoms with E-state index in [1.807, 2.05) is 0 Å². The first-order valence-corrected chi connectivity index (χ1v) is 5.21. The minimum Gasteiger partial charge on any atom is -0.394 e. The molecule has 1 fully saturated rings. The van der Waals surface area contributed by atoms with Crippen LogP contribution in [-0.2, 0) is 4.74 Å². The van der Waals surface area contributed by atoms with Gasteiger partial charge in [0.1, 0.15) is 18.3 Å². The SMILES string of the molecule is OC[C@H]1O[C@@H](n2cccnc2=S)[C@H](O)[C@@H]1O.